The Bertz CT molecular complexity index is 410. The molecule has 1 saturated heterocycles. The van der Waals surface area contributed by atoms with Gasteiger partial charge in [0.1, 0.15) is 0 Å². The number of nitrogens with one attached hydrogen (secondary N) is 3. The van der Waals surface area contributed by atoms with Gasteiger partial charge in [-0.25, -0.2) is 0 Å². The van der Waals surface area contributed by atoms with Gasteiger partial charge in [0.2, 0.25) is 0 Å². The molecule has 1 atom stereocenters. The average Bonchev–Trinajstić information content (AvgIpc) is 2.40. The molecule has 18 heavy (non-hydrogen) atoms. The molecule has 2 aliphatic heterocycles. The zero-order valence-electron chi connectivity index (χ0n) is 11.1. The number of piperidine rings is 1. The number of fused-ring (bicyclic) bond motifs is 1. The highest BCUT2D eigenvalue weighted by Gasteiger charge is 2.21. The molecule has 3 nitrogen and oxygen atoms in total. The van der Waals surface area contributed by atoms with Crippen molar-refractivity contribution in [3.63, 3.8) is 0 Å². The van der Waals surface area contributed by atoms with Crippen LogP contribution in [0, 0.1) is 0 Å². The molecule has 0 aromatic heterocycles. The Labute approximate surface area is 109 Å². The standard InChI is InChI=1S/C15H23N3/c1-11-9-17-10-12-3-2-4-14(15(11)12)18-13-5-7-16-8-6-13/h2-4,11,13,16-18H,5-10H2,1H3. The summed E-state index contributed by atoms with van der Waals surface area (Å²) in [6, 6.07) is 7.33. The Morgan fingerprint density at radius 3 is 2.83 bits per heavy atom. The SMILES string of the molecule is CC1CNCc2cccc(NC3CCNCC3)c21. The lowest BCUT2D eigenvalue weighted by Crippen LogP contribution is -2.36. The summed E-state index contributed by atoms with van der Waals surface area (Å²) in [5.41, 5.74) is 4.37. The van der Waals surface area contributed by atoms with Gasteiger partial charge < -0.3 is 16.0 Å². The van der Waals surface area contributed by atoms with Crippen LogP contribution >= 0.6 is 0 Å². The van der Waals surface area contributed by atoms with Gasteiger partial charge in [-0.3, -0.25) is 0 Å². The molecule has 0 saturated carbocycles. The third-order valence-corrected chi connectivity index (χ3v) is 4.15. The van der Waals surface area contributed by atoms with Crippen molar-refractivity contribution in [3.05, 3.63) is 29.3 Å². The second kappa shape index (κ2) is 5.29. The summed E-state index contributed by atoms with van der Waals surface area (Å²) in [5.74, 6) is 0.610. The van der Waals surface area contributed by atoms with Gasteiger partial charge in [0, 0.05) is 24.8 Å². The van der Waals surface area contributed by atoms with E-state index in [2.05, 4.69) is 41.1 Å². The molecular formula is C15H23N3. The van der Waals surface area contributed by atoms with Crippen molar-refractivity contribution in [3.8, 4) is 0 Å². The molecule has 3 rings (SSSR count). The maximum absolute atomic E-state index is 3.77. The Kier molecular flexibility index (Phi) is 3.52. The van der Waals surface area contributed by atoms with Gasteiger partial charge in [-0.2, -0.15) is 0 Å². The maximum Gasteiger partial charge on any atom is 0.0381 e. The summed E-state index contributed by atoms with van der Waals surface area (Å²) in [7, 11) is 0. The normalized spacial score (nSPS) is 24.6. The van der Waals surface area contributed by atoms with E-state index in [0.29, 0.717) is 12.0 Å². The van der Waals surface area contributed by atoms with Gasteiger partial charge in [0.05, 0.1) is 0 Å². The second-order valence-electron chi connectivity index (χ2n) is 5.58. The van der Waals surface area contributed by atoms with E-state index in [1.807, 2.05) is 0 Å². The fourth-order valence-corrected chi connectivity index (χ4v) is 3.19. The first-order valence-corrected chi connectivity index (χ1v) is 7.14. The van der Waals surface area contributed by atoms with Gasteiger partial charge in [0.15, 0.2) is 0 Å². The number of anilines is 1. The van der Waals surface area contributed by atoms with E-state index in [-0.39, 0.29) is 0 Å². The largest absolute Gasteiger partial charge is 0.382 e. The summed E-state index contributed by atoms with van der Waals surface area (Å²) < 4.78 is 0. The lowest BCUT2D eigenvalue weighted by molar-refractivity contribution is 0.478. The molecule has 1 fully saturated rings. The fourth-order valence-electron chi connectivity index (χ4n) is 3.19. The molecule has 0 amide bonds. The third kappa shape index (κ3) is 2.38. The maximum atomic E-state index is 3.77. The summed E-state index contributed by atoms with van der Waals surface area (Å²) in [5, 5.41) is 10.7. The van der Waals surface area contributed by atoms with Crippen molar-refractivity contribution in [2.75, 3.05) is 25.0 Å². The van der Waals surface area contributed by atoms with Crippen molar-refractivity contribution >= 4 is 5.69 Å². The predicted octanol–water partition coefficient (Wildman–Crippen LogP) is 2.06. The van der Waals surface area contributed by atoms with Crippen LogP contribution in [0.5, 0.6) is 0 Å². The minimum atomic E-state index is 0.610. The molecule has 2 aliphatic rings. The molecule has 1 aromatic rings. The lowest BCUT2D eigenvalue weighted by atomic mass is 9.90. The quantitative estimate of drug-likeness (QED) is 0.746. The van der Waals surface area contributed by atoms with Crippen LogP contribution in [-0.2, 0) is 6.54 Å². The van der Waals surface area contributed by atoms with Crippen molar-refractivity contribution in [1.29, 1.82) is 0 Å². The number of benzene rings is 1. The highest BCUT2D eigenvalue weighted by atomic mass is 15.0. The van der Waals surface area contributed by atoms with Gasteiger partial charge in [-0.15, -0.1) is 0 Å². The summed E-state index contributed by atoms with van der Waals surface area (Å²) in [6.07, 6.45) is 2.46. The molecule has 0 radical (unpaired) electrons. The minimum Gasteiger partial charge on any atom is -0.382 e. The van der Waals surface area contributed by atoms with E-state index >= 15 is 0 Å². The second-order valence-corrected chi connectivity index (χ2v) is 5.58. The molecular weight excluding hydrogens is 222 g/mol. The highest BCUT2D eigenvalue weighted by Crippen LogP contribution is 2.31. The van der Waals surface area contributed by atoms with Gasteiger partial charge >= 0.3 is 0 Å². The van der Waals surface area contributed by atoms with Crippen LogP contribution in [0.3, 0.4) is 0 Å². The molecule has 0 aliphatic carbocycles. The van der Waals surface area contributed by atoms with Crippen molar-refractivity contribution < 1.29 is 0 Å². The predicted molar refractivity (Wildman–Crippen MR) is 76.1 cm³/mol. The van der Waals surface area contributed by atoms with Crippen LogP contribution < -0.4 is 16.0 Å². The summed E-state index contributed by atoms with van der Waals surface area (Å²) >= 11 is 0. The number of rotatable bonds is 2. The van der Waals surface area contributed by atoms with E-state index in [9.17, 15) is 0 Å². The minimum absolute atomic E-state index is 0.610. The van der Waals surface area contributed by atoms with Crippen LogP contribution in [0.2, 0.25) is 0 Å². The molecule has 3 N–H and O–H groups in total. The summed E-state index contributed by atoms with van der Waals surface area (Å²) in [4.78, 5) is 0. The molecule has 0 bridgehead atoms. The van der Waals surface area contributed by atoms with E-state index in [1.165, 1.54) is 29.7 Å². The Balaban J connectivity index is 1.82. The number of hydrogen-bond acceptors (Lipinski definition) is 3. The van der Waals surface area contributed by atoms with E-state index in [0.717, 1.165) is 26.2 Å². The number of hydrogen-bond donors (Lipinski definition) is 3. The fraction of sp³-hybridized carbons (Fsp3) is 0.600. The molecule has 98 valence electrons. The highest BCUT2D eigenvalue weighted by molar-refractivity contribution is 5.57. The van der Waals surface area contributed by atoms with Crippen LogP contribution in [0.4, 0.5) is 5.69 Å². The third-order valence-electron chi connectivity index (χ3n) is 4.15. The molecule has 0 spiro atoms. The van der Waals surface area contributed by atoms with E-state index < -0.39 is 0 Å². The first-order valence-electron chi connectivity index (χ1n) is 7.14. The van der Waals surface area contributed by atoms with Crippen LogP contribution in [0.25, 0.3) is 0 Å². The first kappa shape index (κ1) is 12.0. The van der Waals surface area contributed by atoms with Gasteiger partial charge in [-0.1, -0.05) is 19.1 Å². The zero-order valence-corrected chi connectivity index (χ0v) is 11.1. The average molecular weight is 245 g/mol. The van der Waals surface area contributed by atoms with Crippen LogP contribution in [0.1, 0.15) is 36.8 Å². The van der Waals surface area contributed by atoms with Gasteiger partial charge in [0.25, 0.3) is 0 Å². The van der Waals surface area contributed by atoms with Crippen LogP contribution in [0.15, 0.2) is 18.2 Å². The van der Waals surface area contributed by atoms with E-state index in [1.54, 1.807) is 0 Å². The first-order chi connectivity index (χ1) is 8.84. The Hall–Kier alpha value is -1.06. The molecule has 3 heteroatoms. The van der Waals surface area contributed by atoms with E-state index in [4.69, 9.17) is 0 Å². The van der Waals surface area contributed by atoms with Gasteiger partial charge in [-0.05, 0) is 49.0 Å². The zero-order chi connectivity index (χ0) is 12.4. The van der Waals surface area contributed by atoms with Crippen molar-refractivity contribution in [2.24, 2.45) is 0 Å². The molecule has 1 aromatic carbocycles. The van der Waals surface area contributed by atoms with Crippen molar-refractivity contribution in [1.82, 2.24) is 10.6 Å². The Morgan fingerprint density at radius 1 is 1.17 bits per heavy atom. The Morgan fingerprint density at radius 2 is 2.00 bits per heavy atom. The molecule has 1 unspecified atom stereocenters. The van der Waals surface area contributed by atoms with Crippen LogP contribution in [-0.4, -0.2) is 25.7 Å². The monoisotopic (exact) mass is 245 g/mol. The van der Waals surface area contributed by atoms with Crippen molar-refractivity contribution in [2.45, 2.75) is 38.3 Å². The topological polar surface area (TPSA) is 36.1 Å². The summed E-state index contributed by atoms with van der Waals surface area (Å²) in [6.45, 7) is 6.71. The smallest absolute Gasteiger partial charge is 0.0381 e. The molecule has 2 heterocycles. The lowest BCUT2D eigenvalue weighted by Gasteiger charge is -2.30.